The van der Waals surface area contributed by atoms with Gasteiger partial charge in [-0.3, -0.25) is 0 Å². The molecular weight excluding hydrogens is 200 g/mol. The van der Waals surface area contributed by atoms with Gasteiger partial charge in [-0.15, -0.1) is 11.3 Å². The number of nitrogens with one attached hydrogen (secondary N) is 2. The molecule has 0 aromatic carbocycles. The average molecular weight is 214 g/mol. The van der Waals surface area contributed by atoms with Gasteiger partial charge in [-0.2, -0.15) is 0 Å². The molecule has 4 heteroatoms. The molecule has 0 saturated carbocycles. The summed E-state index contributed by atoms with van der Waals surface area (Å²) in [5.74, 6) is 0. The first-order valence-electron chi connectivity index (χ1n) is 4.22. The zero-order chi connectivity index (χ0) is 9.68. The van der Waals surface area contributed by atoms with Crippen LogP contribution < -0.4 is 10.6 Å². The molecule has 0 aliphatic carbocycles. The Kier molecular flexibility index (Phi) is 4.18. The predicted molar refractivity (Wildman–Crippen MR) is 62.4 cm³/mol. The van der Waals surface area contributed by atoms with Gasteiger partial charge in [0.05, 0.1) is 0 Å². The van der Waals surface area contributed by atoms with Crippen LogP contribution >= 0.6 is 23.6 Å². The number of rotatable bonds is 3. The molecule has 0 atom stereocenters. The van der Waals surface area contributed by atoms with E-state index in [4.69, 9.17) is 12.2 Å². The molecule has 2 N–H and O–H groups in total. The third kappa shape index (κ3) is 3.32. The Hall–Kier alpha value is -0.610. The minimum absolute atomic E-state index is 0.717. The van der Waals surface area contributed by atoms with Gasteiger partial charge < -0.3 is 10.6 Å². The summed E-state index contributed by atoms with van der Waals surface area (Å²) in [5, 5.41) is 8.85. The molecule has 0 bridgehead atoms. The topological polar surface area (TPSA) is 24.1 Å². The van der Waals surface area contributed by atoms with Crippen LogP contribution in [0.15, 0.2) is 11.4 Å². The number of thiocarbonyl (C=S) groups is 1. The van der Waals surface area contributed by atoms with E-state index in [9.17, 15) is 0 Å². The zero-order valence-electron chi connectivity index (χ0n) is 7.89. The number of hydrogen-bond donors (Lipinski definition) is 2. The standard InChI is InChI=1S/C9H14N2S2/c1-7-4-6-13-8(7)3-5-11-9(12)10-2/h4,6H,3,5H2,1-2H3,(H2,10,11,12). The van der Waals surface area contributed by atoms with Gasteiger partial charge in [0, 0.05) is 18.5 Å². The summed E-state index contributed by atoms with van der Waals surface area (Å²) in [4.78, 5) is 1.44. The van der Waals surface area contributed by atoms with E-state index in [2.05, 4.69) is 29.0 Å². The van der Waals surface area contributed by atoms with Crippen LogP contribution in [0.3, 0.4) is 0 Å². The summed E-state index contributed by atoms with van der Waals surface area (Å²) < 4.78 is 0. The molecule has 72 valence electrons. The molecular formula is C9H14N2S2. The van der Waals surface area contributed by atoms with Crippen molar-refractivity contribution >= 4 is 28.7 Å². The van der Waals surface area contributed by atoms with E-state index in [-0.39, 0.29) is 0 Å². The lowest BCUT2D eigenvalue weighted by molar-refractivity contribution is 0.857. The lowest BCUT2D eigenvalue weighted by Gasteiger charge is -2.05. The highest BCUT2D eigenvalue weighted by atomic mass is 32.1. The number of hydrogen-bond acceptors (Lipinski definition) is 2. The van der Waals surface area contributed by atoms with E-state index in [1.165, 1.54) is 10.4 Å². The van der Waals surface area contributed by atoms with Crippen LogP contribution in [0.5, 0.6) is 0 Å². The fourth-order valence-electron chi connectivity index (χ4n) is 1.04. The van der Waals surface area contributed by atoms with Gasteiger partial charge >= 0.3 is 0 Å². The number of thiophene rings is 1. The van der Waals surface area contributed by atoms with Gasteiger partial charge in [-0.25, -0.2) is 0 Å². The summed E-state index contributed by atoms with van der Waals surface area (Å²) >= 11 is 6.77. The van der Waals surface area contributed by atoms with E-state index in [0.717, 1.165) is 13.0 Å². The monoisotopic (exact) mass is 214 g/mol. The minimum atomic E-state index is 0.717. The SMILES string of the molecule is CNC(=S)NCCc1sccc1C. The maximum absolute atomic E-state index is 4.96. The van der Waals surface area contributed by atoms with Crippen molar-refractivity contribution in [2.24, 2.45) is 0 Å². The summed E-state index contributed by atoms with van der Waals surface area (Å²) in [6, 6.07) is 2.15. The maximum Gasteiger partial charge on any atom is 0.166 e. The van der Waals surface area contributed by atoms with Crippen LogP contribution in [-0.2, 0) is 6.42 Å². The van der Waals surface area contributed by atoms with Crippen LogP contribution in [0.1, 0.15) is 10.4 Å². The first-order valence-corrected chi connectivity index (χ1v) is 5.51. The Balaban J connectivity index is 2.28. The highest BCUT2D eigenvalue weighted by molar-refractivity contribution is 7.80. The summed E-state index contributed by atoms with van der Waals surface area (Å²) in [7, 11) is 1.83. The van der Waals surface area contributed by atoms with Crippen molar-refractivity contribution in [2.75, 3.05) is 13.6 Å². The first kappa shape index (κ1) is 10.5. The number of aryl methyl sites for hydroxylation is 1. The van der Waals surface area contributed by atoms with Crippen LogP contribution in [0.2, 0.25) is 0 Å². The molecule has 2 nitrogen and oxygen atoms in total. The van der Waals surface area contributed by atoms with Crippen molar-refractivity contribution in [3.63, 3.8) is 0 Å². The molecule has 1 aromatic rings. The predicted octanol–water partition coefficient (Wildman–Crippen LogP) is 1.69. The maximum atomic E-state index is 4.96. The van der Waals surface area contributed by atoms with Gasteiger partial charge in [-0.05, 0) is 42.6 Å². The largest absolute Gasteiger partial charge is 0.366 e. The van der Waals surface area contributed by atoms with Gasteiger partial charge in [0.15, 0.2) is 5.11 Å². The second kappa shape index (κ2) is 5.19. The van der Waals surface area contributed by atoms with Crippen LogP contribution in [0.25, 0.3) is 0 Å². The van der Waals surface area contributed by atoms with E-state index < -0.39 is 0 Å². The molecule has 1 aromatic heterocycles. The smallest absolute Gasteiger partial charge is 0.166 e. The van der Waals surface area contributed by atoms with Crippen molar-refractivity contribution in [1.29, 1.82) is 0 Å². The Morgan fingerprint density at radius 1 is 1.62 bits per heavy atom. The molecule has 13 heavy (non-hydrogen) atoms. The van der Waals surface area contributed by atoms with E-state index in [1.807, 2.05) is 7.05 Å². The zero-order valence-corrected chi connectivity index (χ0v) is 9.52. The summed E-state index contributed by atoms with van der Waals surface area (Å²) in [5.41, 5.74) is 1.38. The normalized spacial score (nSPS) is 9.69. The Labute approximate surface area is 88.4 Å². The Morgan fingerprint density at radius 2 is 2.38 bits per heavy atom. The van der Waals surface area contributed by atoms with E-state index >= 15 is 0 Å². The van der Waals surface area contributed by atoms with Gasteiger partial charge in [0.1, 0.15) is 0 Å². The second-order valence-electron chi connectivity index (χ2n) is 2.78. The van der Waals surface area contributed by atoms with Crippen molar-refractivity contribution in [1.82, 2.24) is 10.6 Å². The molecule has 1 rings (SSSR count). The quantitative estimate of drug-likeness (QED) is 0.749. The Morgan fingerprint density at radius 3 is 2.92 bits per heavy atom. The van der Waals surface area contributed by atoms with Crippen LogP contribution in [0.4, 0.5) is 0 Å². The summed E-state index contributed by atoms with van der Waals surface area (Å²) in [6.45, 7) is 3.04. The van der Waals surface area contributed by atoms with Crippen LogP contribution in [-0.4, -0.2) is 18.7 Å². The second-order valence-corrected chi connectivity index (χ2v) is 4.19. The van der Waals surface area contributed by atoms with Crippen molar-refractivity contribution in [3.8, 4) is 0 Å². The molecule has 0 radical (unpaired) electrons. The van der Waals surface area contributed by atoms with Crippen molar-refractivity contribution in [2.45, 2.75) is 13.3 Å². The Bertz CT molecular complexity index is 281. The molecule has 0 fully saturated rings. The lowest BCUT2D eigenvalue weighted by atomic mass is 10.2. The highest BCUT2D eigenvalue weighted by Crippen LogP contribution is 2.15. The molecule has 1 heterocycles. The third-order valence-electron chi connectivity index (χ3n) is 1.83. The fourth-order valence-corrected chi connectivity index (χ4v) is 2.05. The molecule has 0 unspecified atom stereocenters. The van der Waals surface area contributed by atoms with Gasteiger partial charge in [0.2, 0.25) is 0 Å². The average Bonchev–Trinajstić information content (AvgIpc) is 2.52. The van der Waals surface area contributed by atoms with E-state index in [1.54, 1.807) is 11.3 Å². The van der Waals surface area contributed by atoms with Gasteiger partial charge in [-0.1, -0.05) is 0 Å². The van der Waals surface area contributed by atoms with Gasteiger partial charge in [0.25, 0.3) is 0 Å². The molecule has 0 aliphatic rings. The minimum Gasteiger partial charge on any atom is -0.366 e. The highest BCUT2D eigenvalue weighted by Gasteiger charge is 1.99. The molecule has 0 amide bonds. The lowest BCUT2D eigenvalue weighted by Crippen LogP contribution is -2.33. The van der Waals surface area contributed by atoms with E-state index in [0.29, 0.717) is 5.11 Å². The third-order valence-corrected chi connectivity index (χ3v) is 3.26. The van der Waals surface area contributed by atoms with Crippen LogP contribution in [0, 0.1) is 6.92 Å². The molecule has 0 aliphatic heterocycles. The molecule has 0 spiro atoms. The first-order chi connectivity index (χ1) is 6.24. The van der Waals surface area contributed by atoms with Crippen molar-refractivity contribution < 1.29 is 0 Å². The fraction of sp³-hybridized carbons (Fsp3) is 0.444. The summed E-state index contributed by atoms with van der Waals surface area (Å²) in [6.07, 6.45) is 1.05. The molecule has 0 saturated heterocycles. The van der Waals surface area contributed by atoms with Crippen molar-refractivity contribution in [3.05, 3.63) is 21.9 Å².